The Hall–Kier alpha value is -1.02. The summed E-state index contributed by atoms with van der Waals surface area (Å²) in [6, 6.07) is 0. The van der Waals surface area contributed by atoms with E-state index in [0.717, 1.165) is 0 Å². The molecule has 0 aromatic rings. The van der Waals surface area contributed by atoms with Crippen molar-refractivity contribution < 1.29 is 53.7 Å². The van der Waals surface area contributed by atoms with Gasteiger partial charge >= 0.3 is 0 Å². The highest BCUT2D eigenvalue weighted by molar-refractivity contribution is 5.57. The molecular weight excluding hydrogens is 344 g/mol. The zero-order valence-electron chi connectivity index (χ0n) is 13.8. The Balaban J connectivity index is 2.63. The van der Waals surface area contributed by atoms with Crippen molar-refractivity contribution in [2.24, 2.45) is 0 Å². The Kier molecular flexibility index (Phi) is 9.56. The van der Waals surface area contributed by atoms with Crippen molar-refractivity contribution in [1.29, 1.82) is 0 Å². The fraction of sp³-hybridized carbons (Fsp3) is 0.857. The van der Waals surface area contributed by atoms with Crippen molar-refractivity contribution in [3.05, 3.63) is 0 Å². The second-order valence-electron chi connectivity index (χ2n) is 5.34. The van der Waals surface area contributed by atoms with Crippen molar-refractivity contribution in [2.75, 3.05) is 27.4 Å². The van der Waals surface area contributed by atoms with Crippen LogP contribution in [0.2, 0.25) is 0 Å². The number of carbonyl (C=O) groups is 2. The molecule has 146 valence electrons. The van der Waals surface area contributed by atoms with E-state index in [-0.39, 0.29) is 12.9 Å². The van der Waals surface area contributed by atoms with Gasteiger partial charge in [0.2, 0.25) is 0 Å². The van der Waals surface area contributed by atoms with Gasteiger partial charge in [0.25, 0.3) is 0 Å². The zero-order valence-corrected chi connectivity index (χ0v) is 13.8. The SMILES string of the molecule is COCC1OC(OCC(C=O)OC(OC)C(O)C=O)C(O)C(O)C1O. The van der Waals surface area contributed by atoms with E-state index >= 15 is 0 Å². The van der Waals surface area contributed by atoms with Gasteiger partial charge in [-0.05, 0) is 0 Å². The monoisotopic (exact) mass is 368 g/mol. The van der Waals surface area contributed by atoms with Gasteiger partial charge in [-0.3, -0.25) is 0 Å². The van der Waals surface area contributed by atoms with Crippen molar-refractivity contribution in [1.82, 2.24) is 0 Å². The summed E-state index contributed by atoms with van der Waals surface area (Å²) in [7, 11) is 2.53. The van der Waals surface area contributed by atoms with E-state index in [1.54, 1.807) is 0 Å². The Labute approximate surface area is 144 Å². The van der Waals surface area contributed by atoms with Crippen molar-refractivity contribution in [2.45, 2.75) is 49.2 Å². The molecule has 1 saturated heterocycles. The van der Waals surface area contributed by atoms with Crippen molar-refractivity contribution >= 4 is 12.6 Å². The Morgan fingerprint density at radius 3 is 2.28 bits per heavy atom. The van der Waals surface area contributed by atoms with Gasteiger partial charge in [-0.2, -0.15) is 0 Å². The Morgan fingerprint density at radius 2 is 1.76 bits per heavy atom. The van der Waals surface area contributed by atoms with Crippen molar-refractivity contribution in [3.8, 4) is 0 Å². The highest BCUT2D eigenvalue weighted by Gasteiger charge is 2.44. The van der Waals surface area contributed by atoms with Crippen LogP contribution in [0.4, 0.5) is 0 Å². The average molecular weight is 368 g/mol. The first kappa shape index (κ1) is 22.0. The van der Waals surface area contributed by atoms with Crippen molar-refractivity contribution in [3.63, 3.8) is 0 Å². The normalized spacial score (nSPS) is 33.4. The summed E-state index contributed by atoms with van der Waals surface area (Å²) < 4.78 is 25.2. The average Bonchev–Trinajstić information content (AvgIpc) is 2.62. The third-order valence-corrected chi connectivity index (χ3v) is 3.54. The topological polar surface area (TPSA) is 161 Å². The first-order chi connectivity index (χ1) is 11.9. The molecule has 0 aromatic heterocycles. The number of hydrogen-bond donors (Lipinski definition) is 4. The van der Waals surface area contributed by atoms with E-state index in [1.165, 1.54) is 14.2 Å². The lowest BCUT2D eigenvalue weighted by Gasteiger charge is -2.40. The molecule has 0 spiro atoms. The Bertz CT molecular complexity index is 406. The standard InChI is InChI=1S/C14H24O11/c1-21-6-9-10(18)11(19)12(20)14(25-9)23-5-7(3-15)24-13(22-2)8(17)4-16/h3-4,7-14,17-20H,5-6H2,1-2H3. The summed E-state index contributed by atoms with van der Waals surface area (Å²) in [5.41, 5.74) is 0. The molecule has 8 unspecified atom stereocenters. The summed E-state index contributed by atoms with van der Waals surface area (Å²) >= 11 is 0. The van der Waals surface area contributed by atoms with Gasteiger partial charge in [-0.15, -0.1) is 0 Å². The predicted molar refractivity (Wildman–Crippen MR) is 78.3 cm³/mol. The predicted octanol–water partition coefficient (Wildman–Crippen LogP) is -3.43. The maximum Gasteiger partial charge on any atom is 0.190 e. The molecule has 0 radical (unpaired) electrons. The largest absolute Gasteiger partial charge is 0.387 e. The number of carbonyl (C=O) groups excluding carboxylic acids is 2. The summed E-state index contributed by atoms with van der Waals surface area (Å²) in [5, 5.41) is 38.9. The molecule has 0 aromatic carbocycles. The second kappa shape index (κ2) is 10.9. The molecule has 1 aliphatic heterocycles. The van der Waals surface area contributed by atoms with Crippen LogP contribution in [-0.2, 0) is 33.3 Å². The molecule has 1 heterocycles. The molecule has 0 saturated carbocycles. The molecule has 4 N–H and O–H groups in total. The van der Waals surface area contributed by atoms with Crippen LogP contribution in [0.1, 0.15) is 0 Å². The molecule has 0 amide bonds. The minimum Gasteiger partial charge on any atom is -0.387 e. The number of rotatable bonds is 11. The quantitative estimate of drug-likeness (QED) is 0.212. The number of methoxy groups -OCH3 is 2. The maximum absolute atomic E-state index is 11.1. The molecule has 0 bridgehead atoms. The lowest BCUT2D eigenvalue weighted by Crippen LogP contribution is -2.59. The van der Waals surface area contributed by atoms with Gasteiger partial charge in [0, 0.05) is 14.2 Å². The third-order valence-electron chi connectivity index (χ3n) is 3.54. The van der Waals surface area contributed by atoms with Gasteiger partial charge < -0.3 is 53.7 Å². The Morgan fingerprint density at radius 1 is 1.08 bits per heavy atom. The molecule has 0 aliphatic carbocycles. The van der Waals surface area contributed by atoms with Gasteiger partial charge in [0.1, 0.15) is 30.5 Å². The van der Waals surface area contributed by atoms with E-state index in [9.17, 15) is 30.0 Å². The fourth-order valence-corrected chi connectivity index (χ4v) is 2.17. The smallest absolute Gasteiger partial charge is 0.190 e. The van der Waals surface area contributed by atoms with Crippen LogP contribution >= 0.6 is 0 Å². The first-order valence-corrected chi connectivity index (χ1v) is 7.46. The molecule has 11 heteroatoms. The summed E-state index contributed by atoms with van der Waals surface area (Å²) in [5.74, 6) is 0. The van der Waals surface area contributed by atoms with E-state index in [0.29, 0.717) is 6.29 Å². The van der Waals surface area contributed by atoms with Crippen LogP contribution < -0.4 is 0 Å². The summed E-state index contributed by atoms with van der Waals surface area (Å²) in [4.78, 5) is 21.6. The number of ether oxygens (including phenoxy) is 5. The third kappa shape index (κ3) is 6.02. The fourth-order valence-electron chi connectivity index (χ4n) is 2.17. The number of aldehydes is 2. The van der Waals surface area contributed by atoms with Gasteiger partial charge in [0.15, 0.2) is 31.3 Å². The number of aliphatic hydroxyl groups excluding tert-OH is 4. The number of aliphatic hydroxyl groups is 4. The number of hydrogen-bond acceptors (Lipinski definition) is 11. The van der Waals surface area contributed by atoms with Crippen LogP contribution in [-0.4, -0.2) is 110 Å². The molecule has 1 fully saturated rings. The van der Waals surface area contributed by atoms with Crippen LogP contribution in [0.3, 0.4) is 0 Å². The first-order valence-electron chi connectivity index (χ1n) is 7.46. The summed E-state index contributed by atoms with van der Waals surface area (Å²) in [6.45, 7) is -0.491. The van der Waals surface area contributed by atoms with Crippen LogP contribution in [0.5, 0.6) is 0 Å². The highest BCUT2D eigenvalue weighted by atomic mass is 16.7. The lowest BCUT2D eigenvalue weighted by atomic mass is 9.99. The maximum atomic E-state index is 11.1. The minimum absolute atomic E-state index is 0.0598. The molecule has 8 atom stereocenters. The van der Waals surface area contributed by atoms with Gasteiger partial charge in [-0.25, -0.2) is 0 Å². The van der Waals surface area contributed by atoms with E-state index in [2.05, 4.69) is 0 Å². The van der Waals surface area contributed by atoms with E-state index in [1.807, 2.05) is 0 Å². The van der Waals surface area contributed by atoms with Crippen LogP contribution in [0.15, 0.2) is 0 Å². The molecule has 1 rings (SSSR count). The molecular formula is C14H24O11. The molecule has 11 nitrogen and oxygen atoms in total. The van der Waals surface area contributed by atoms with E-state index < -0.39 is 55.8 Å². The summed E-state index contributed by atoms with van der Waals surface area (Å²) in [6.07, 6.45) is -10.5. The van der Waals surface area contributed by atoms with Gasteiger partial charge in [0.05, 0.1) is 13.2 Å². The van der Waals surface area contributed by atoms with Gasteiger partial charge in [-0.1, -0.05) is 0 Å². The van der Waals surface area contributed by atoms with E-state index in [4.69, 9.17) is 23.7 Å². The highest BCUT2D eigenvalue weighted by Crippen LogP contribution is 2.22. The lowest BCUT2D eigenvalue weighted by molar-refractivity contribution is -0.308. The van der Waals surface area contributed by atoms with Crippen LogP contribution in [0.25, 0.3) is 0 Å². The minimum atomic E-state index is -1.60. The zero-order chi connectivity index (χ0) is 19.0. The molecule has 1 aliphatic rings. The second-order valence-corrected chi connectivity index (χ2v) is 5.34. The molecule has 25 heavy (non-hydrogen) atoms. The van der Waals surface area contributed by atoms with Crippen LogP contribution in [0, 0.1) is 0 Å².